The second kappa shape index (κ2) is 5.29. The molecule has 0 bridgehead atoms. The van der Waals surface area contributed by atoms with Gasteiger partial charge in [-0.1, -0.05) is 36.4 Å². The zero-order valence-electron chi connectivity index (χ0n) is 12.9. The first-order chi connectivity index (χ1) is 11.2. The van der Waals surface area contributed by atoms with E-state index in [9.17, 15) is 0 Å². The molecule has 0 amide bonds. The van der Waals surface area contributed by atoms with Crippen LogP contribution in [0, 0.1) is 6.92 Å². The van der Waals surface area contributed by atoms with Crippen molar-refractivity contribution < 1.29 is 0 Å². The van der Waals surface area contributed by atoms with E-state index in [-0.39, 0.29) is 0 Å². The third kappa shape index (κ3) is 2.36. The number of aryl methyl sites for hydroxylation is 1. The van der Waals surface area contributed by atoms with Crippen LogP contribution in [0.3, 0.4) is 0 Å². The molecule has 0 saturated heterocycles. The van der Waals surface area contributed by atoms with Gasteiger partial charge in [-0.25, -0.2) is 4.98 Å². The van der Waals surface area contributed by atoms with Crippen molar-refractivity contribution in [2.45, 2.75) is 6.92 Å². The summed E-state index contributed by atoms with van der Waals surface area (Å²) in [6.07, 6.45) is 0. The number of nitrogens with one attached hydrogen (secondary N) is 1. The molecular formula is C20H17N3. The number of fused-ring (bicyclic) bond motifs is 2. The zero-order chi connectivity index (χ0) is 15.8. The lowest BCUT2D eigenvalue weighted by molar-refractivity contribution is 1.45. The van der Waals surface area contributed by atoms with Crippen molar-refractivity contribution >= 4 is 38.9 Å². The molecule has 4 aromatic rings. The molecule has 3 heteroatoms. The van der Waals surface area contributed by atoms with Crippen molar-refractivity contribution in [3.63, 3.8) is 0 Å². The highest BCUT2D eigenvalue weighted by molar-refractivity contribution is 6.08. The van der Waals surface area contributed by atoms with Gasteiger partial charge in [-0.2, -0.15) is 0 Å². The molecule has 0 saturated carbocycles. The monoisotopic (exact) mass is 299 g/mol. The number of para-hydroxylation sites is 2. The first kappa shape index (κ1) is 13.6. The van der Waals surface area contributed by atoms with Crippen LogP contribution in [0.25, 0.3) is 21.8 Å². The maximum atomic E-state index is 5.93. The Hall–Kier alpha value is -3.07. The van der Waals surface area contributed by atoms with Gasteiger partial charge in [-0.05, 0) is 42.8 Å². The van der Waals surface area contributed by atoms with Crippen molar-refractivity contribution in [3.8, 4) is 0 Å². The SMILES string of the molecule is Cc1cc(Nc2c3ccccc3nc3ccccc23)ccc1N. The smallest absolute Gasteiger partial charge is 0.0730 e. The summed E-state index contributed by atoms with van der Waals surface area (Å²) >= 11 is 0. The Morgan fingerprint density at radius 3 is 2.04 bits per heavy atom. The molecule has 0 aliphatic heterocycles. The van der Waals surface area contributed by atoms with Crippen LogP contribution in [-0.4, -0.2) is 4.98 Å². The molecule has 0 spiro atoms. The van der Waals surface area contributed by atoms with Gasteiger partial charge < -0.3 is 11.1 Å². The largest absolute Gasteiger partial charge is 0.399 e. The summed E-state index contributed by atoms with van der Waals surface area (Å²) in [5, 5.41) is 5.79. The fraction of sp³-hybridized carbons (Fsp3) is 0.0500. The van der Waals surface area contributed by atoms with Crippen molar-refractivity contribution in [3.05, 3.63) is 72.3 Å². The number of nitrogens with zero attached hydrogens (tertiary/aromatic N) is 1. The Morgan fingerprint density at radius 2 is 1.43 bits per heavy atom. The highest BCUT2D eigenvalue weighted by atomic mass is 14.9. The first-order valence-electron chi connectivity index (χ1n) is 7.63. The van der Waals surface area contributed by atoms with E-state index in [1.165, 1.54) is 0 Å². The van der Waals surface area contributed by atoms with Gasteiger partial charge in [0, 0.05) is 22.1 Å². The number of hydrogen-bond acceptors (Lipinski definition) is 3. The Kier molecular flexibility index (Phi) is 3.12. The van der Waals surface area contributed by atoms with E-state index < -0.39 is 0 Å². The average Bonchev–Trinajstić information content (AvgIpc) is 2.58. The van der Waals surface area contributed by atoms with Crippen LogP contribution >= 0.6 is 0 Å². The van der Waals surface area contributed by atoms with Gasteiger partial charge in [-0.3, -0.25) is 0 Å². The number of rotatable bonds is 2. The molecule has 112 valence electrons. The normalized spacial score (nSPS) is 11.0. The molecule has 0 aliphatic rings. The first-order valence-corrected chi connectivity index (χ1v) is 7.63. The van der Waals surface area contributed by atoms with Crippen LogP contribution in [0.5, 0.6) is 0 Å². The Bertz CT molecular complexity index is 968. The minimum atomic E-state index is 0.806. The van der Waals surface area contributed by atoms with Crippen LogP contribution in [0.15, 0.2) is 66.7 Å². The standard InChI is InChI=1S/C20H17N3/c1-13-12-14(10-11-17(13)21)22-20-15-6-2-4-8-18(15)23-19-9-5-3-7-16(19)20/h2-12H,21H2,1H3,(H,22,23). The Labute approximate surface area is 134 Å². The molecule has 3 nitrogen and oxygen atoms in total. The molecular weight excluding hydrogens is 282 g/mol. The minimum absolute atomic E-state index is 0.806. The average molecular weight is 299 g/mol. The van der Waals surface area contributed by atoms with Gasteiger partial charge in [0.15, 0.2) is 0 Å². The van der Waals surface area contributed by atoms with E-state index in [4.69, 9.17) is 10.7 Å². The highest BCUT2D eigenvalue weighted by Gasteiger charge is 2.09. The molecule has 0 unspecified atom stereocenters. The van der Waals surface area contributed by atoms with E-state index >= 15 is 0 Å². The van der Waals surface area contributed by atoms with E-state index in [1.807, 2.05) is 55.5 Å². The number of pyridine rings is 1. The van der Waals surface area contributed by atoms with E-state index in [1.54, 1.807) is 0 Å². The predicted molar refractivity (Wildman–Crippen MR) is 98.1 cm³/mol. The zero-order valence-corrected chi connectivity index (χ0v) is 12.9. The van der Waals surface area contributed by atoms with Gasteiger partial charge in [0.25, 0.3) is 0 Å². The van der Waals surface area contributed by atoms with Crippen LogP contribution in [0.1, 0.15) is 5.56 Å². The Morgan fingerprint density at radius 1 is 0.826 bits per heavy atom. The van der Waals surface area contributed by atoms with Gasteiger partial charge in [0.2, 0.25) is 0 Å². The molecule has 0 radical (unpaired) electrons. The quantitative estimate of drug-likeness (QED) is 0.403. The van der Waals surface area contributed by atoms with Crippen molar-refractivity contribution in [1.82, 2.24) is 4.98 Å². The number of aromatic nitrogens is 1. The minimum Gasteiger partial charge on any atom is -0.399 e. The van der Waals surface area contributed by atoms with Gasteiger partial charge in [0.05, 0.1) is 16.7 Å². The summed E-state index contributed by atoms with van der Waals surface area (Å²) in [7, 11) is 0. The third-order valence-electron chi connectivity index (χ3n) is 4.13. The van der Waals surface area contributed by atoms with E-state index in [2.05, 4.69) is 23.5 Å². The summed E-state index contributed by atoms with van der Waals surface area (Å²) in [5.74, 6) is 0. The number of hydrogen-bond donors (Lipinski definition) is 2. The summed E-state index contributed by atoms with van der Waals surface area (Å²) in [6.45, 7) is 2.02. The van der Waals surface area contributed by atoms with Gasteiger partial charge in [-0.15, -0.1) is 0 Å². The third-order valence-corrected chi connectivity index (χ3v) is 4.13. The molecule has 0 aliphatic carbocycles. The molecule has 4 rings (SSSR count). The highest BCUT2D eigenvalue weighted by Crippen LogP contribution is 2.33. The summed E-state index contributed by atoms with van der Waals surface area (Å²) in [5.41, 5.74) is 11.9. The summed E-state index contributed by atoms with van der Waals surface area (Å²) in [4.78, 5) is 4.75. The van der Waals surface area contributed by atoms with Crippen molar-refractivity contribution in [2.75, 3.05) is 11.1 Å². The number of anilines is 3. The van der Waals surface area contributed by atoms with Crippen LogP contribution in [0.4, 0.5) is 17.1 Å². The maximum Gasteiger partial charge on any atom is 0.0730 e. The van der Waals surface area contributed by atoms with Crippen LogP contribution in [0.2, 0.25) is 0 Å². The second-order valence-electron chi connectivity index (χ2n) is 5.72. The van der Waals surface area contributed by atoms with Gasteiger partial charge >= 0.3 is 0 Å². The van der Waals surface area contributed by atoms with Crippen LogP contribution in [-0.2, 0) is 0 Å². The maximum absolute atomic E-state index is 5.93. The number of nitrogens with two attached hydrogens (primary N) is 1. The topological polar surface area (TPSA) is 50.9 Å². The lowest BCUT2D eigenvalue weighted by Crippen LogP contribution is -1.97. The number of nitrogen functional groups attached to an aromatic ring is 1. The molecule has 3 aromatic carbocycles. The number of benzene rings is 3. The van der Waals surface area contributed by atoms with Crippen molar-refractivity contribution in [2.24, 2.45) is 0 Å². The molecule has 1 aromatic heterocycles. The molecule has 0 fully saturated rings. The summed E-state index contributed by atoms with van der Waals surface area (Å²) < 4.78 is 0. The summed E-state index contributed by atoms with van der Waals surface area (Å²) in [6, 6.07) is 22.4. The molecule has 1 heterocycles. The fourth-order valence-electron chi connectivity index (χ4n) is 2.87. The fourth-order valence-corrected chi connectivity index (χ4v) is 2.87. The van der Waals surface area contributed by atoms with Crippen LogP contribution < -0.4 is 11.1 Å². The lowest BCUT2D eigenvalue weighted by atomic mass is 10.1. The van der Waals surface area contributed by atoms with Crippen molar-refractivity contribution in [1.29, 1.82) is 0 Å². The lowest BCUT2D eigenvalue weighted by Gasteiger charge is -2.14. The molecule has 0 atom stereocenters. The second-order valence-corrected chi connectivity index (χ2v) is 5.72. The predicted octanol–water partition coefficient (Wildman–Crippen LogP) is 5.02. The molecule has 3 N–H and O–H groups in total. The van der Waals surface area contributed by atoms with E-state index in [0.29, 0.717) is 0 Å². The molecule has 23 heavy (non-hydrogen) atoms. The Balaban J connectivity index is 1.97. The van der Waals surface area contributed by atoms with Gasteiger partial charge in [0.1, 0.15) is 0 Å². The van der Waals surface area contributed by atoms with E-state index in [0.717, 1.165) is 44.4 Å².